The Morgan fingerprint density at radius 3 is 2.68 bits per heavy atom. The molecule has 1 heterocycles. The molecule has 4 N–H and O–H groups in total. The summed E-state index contributed by atoms with van der Waals surface area (Å²) in [4.78, 5) is 11.9. The minimum atomic E-state index is -0.363. The molecule has 1 unspecified atom stereocenters. The van der Waals surface area contributed by atoms with E-state index in [1.165, 1.54) is 0 Å². The number of oxime groups is 1. The molecule has 0 saturated carbocycles. The van der Waals surface area contributed by atoms with Gasteiger partial charge in [0.2, 0.25) is 0 Å². The largest absolute Gasteiger partial charge is 0.409 e. The van der Waals surface area contributed by atoms with Crippen molar-refractivity contribution in [2.75, 3.05) is 11.9 Å². The number of nitrogens with one attached hydrogen (secondary N) is 1. The van der Waals surface area contributed by atoms with E-state index in [0.29, 0.717) is 17.9 Å². The molecule has 1 aliphatic heterocycles. The predicted octanol–water partition coefficient (Wildman–Crippen LogP) is 1.29. The second-order valence-corrected chi connectivity index (χ2v) is 4.41. The lowest BCUT2D eigenvalue weighted by Gasteiger charge is -2.21. The zero-order valence-corrected chi connectivity index (χ0v) is 10.5. The fourth-order valence-electron chi connectivity index (χ4n) is 1.95. The number of rotatable bonds is 3. The molecule has 2 rings (SSSR count). The number of amides is 1. The number of benzene rings is 1. The van der Waals surface area contributed by atoms with Gasteiger partial charge in [-0.1, -0.05) is 5.16 Å². The molecule has 0 spiro atoms. The van der Waals surface area contributed by atoms with Crippen LogP contribution in [0.4, 0.5) is 5.69 Å². The number of hydrogen-bond acceptors (Lipinski definition) is 4. The Kier molecular flexibility index (Phi) is 4.35. The van der Waals surface area contributed by atoms with E-state index in [9.17, 15) is 4.79 Å². The van der Waals surface area contributed by atoms with Crippen LogP contribution in [-0.2, 0) is 9.53 Å². The van der Waals surface area contributed by atoms with Gasteiger partial charge in [0.25, 0.3) is 5.91 Å². The van der Waals surface area contributed by atoms with Crippen LogP contribution < -0.4 is 11.1 Å². The SMILES string of the molecule is NC(=NO)c1ccc(NC(=O)C2CCCCO2)cc1. The Bertz CT molecular complexity index is 465. The smallest absolute Gasteiger partial charge is 0.253 e. The third kappa shape index (κ3) is 3.45. The van der Waals surface area contributed by atoms with Crippen LogP contribution in [0.3, 0.4) is 0 Å². The lowest BCUT2D eigenvalue weighted by Crippen LogP contribution is -2.33. The molecule has 1 fully saturated rings. The number of nitrogens with two attached hydrogens (primary N) is 1. The van der Waals surface area contributed by atoms with Crippen molar-refractivity contribution in [2.24, 2.45) is 10.9 Å². The zero-order valence-electron chi connectivity index (χ0n) is 10.5. The van der Waals surface area contributed by atoms with Crippen molar-refractivity contribution in [1.29, 1.82) is 0 Å². The first kappa shape index (κ1) is 13.4. The van der Waals surface area contributed by atoms with Gasteiger partial charge >= 0.3 is 0 Å². The molecule has 1 aromatic rings. The first-order valence-electron chi connectivity index (χ1n) is 6.21. The van der Waals surface area contributed by atoms with E-state index in [1.807, 2.05) is 0 Å². The first-order valence-corrected chi connectivity index (χ1v) is 6.21. The van der Waals surface area contributed by atoms with Crippen LogP contribution in [0.2, 0.25) is 0 Å². The van der Waals surface area contributed by atoms with Crippen molar-refractivity contribution in [2.45, 2.75) is 25.4 Å². The molecule has 1 atom stereocenters. The summed E-state index contributed by atoms with van der Waals surface area (Å²) in [6.45, 7) is 0.639. The Labute approximate surface area is 111 Å². The van der Waals surface area contributed by atoms with Crippen LogP contribution in [0.5, 0.6) is 0 Å². The van der Waals surface area contributed by atoms with Crippen LogP contribution in [0.15, 0.2) is 29.4 Å². The fourth-order valence-corrected chi connectivity index (χ4v) is 1.95. The molecule has 0 aromatic heterocycles. The Morgan fingerprint density at radius 1 is 1.37 bits per heavy atom. The summed E-state index contributed by atoms with van der Waals surface area (Å²) in [5.41, 5.74) is 6.71. The van der Waals surface area contributed by atoms with E-state index in [0.717, 1.165) is 19.3 Å². The lowest BCUT2D eigenvalue weighted by molar-refractivity contribution is -0.129. The maximum Gasteiger partial charge on any atom is 0.253 e. The zero-order chi connectivity index (χ0) is 13.7. The van der Waals surface area contributed by atoms with Crippen molar-refractivity contribution in [3.8, 4) is 0 Å². The second kappa shape index (κ2) is 6.19. The average Bonchev–Trinajstić information content (AvgIpc) is 2.48. The number of amidine groups is 1. The van der Waals surface area contributed by atoms with Crippen LogP contribution in [0.25, 0.3) is 0 Å². The molecule has 1 aromatic carbocycles. The number of carbonyl (C=O) groups is 1. The number of hydrogen-bond donors (Lipinski definition) is 3. The summed E-state index contributed by atoms with van der Waals surface area (Å²) >= 11 is 0. The number of carbonyl (C=O) groups excluding carboxylic acids is 1. The third-order valence-corrected chi connectivity index (χ3v) is 3.03. The van der Waals surface area contributed by atoms with E-state index in [1.54, 1.807) is 24.3 Å². The van der Waals surface area contributed by atoms with Crippen LogP contribution >= 0.6 is 0 Å². The normalized spacial score (nSPS) is 20.0. The van der Waals surface area contributed by atoms with E-state index in [-0.39, 0.29) is 17.8 Å². The lowest BCUT2D eigenvalue weighted by atomic mass is 10.1. The summed E-state index contributed by atoms with van der Waals surface area (Å²) in [6.07, 6.45) is 2.42. The third-order valence-electron chi connectivity index (χ3n) is 3.03. The van der Waals surface area contributed by atoms with Crippen LogP contribution in [0.1, 0.15) is 24.8 Å². The van der Waals surface area contributed by atoms with Crippen molar-refractivity contribution < 1.29 is 14.7 Å². The molecular formula is C13H17N3O3. The predicted molar refractivity (Wildman–Crippen MR) is 71.2 cm³/mol. The van der Waals surface area contributed by atoms with Gasteiger partial charge in [0.15, 0.2) is 5.84 Å². The molecule has 1 saturated heterocycles. The second-order valence-electron chi connectivity index (χ2n) is 4.41. The Morgan fingerprint density at radius 2 is 2.11 bits per heavy atom. The Hall–Kier alpha value is -2.08. The van der Waals surface area contributed by atoms with E-state index >= 15 is 0 Å². The molecule has 102 valence electrons. The van der Waals surface area contributed by atoms with Crippen LogP contribution in [0, 0.1) is 0 Å². The van der Waals surface area contributed by atoms with Gasteiger partial charge in [-0.2, -0.15) is 0 Å². The molecule has 1 amide bonds. The van der Waals surface area contributed by atoms with Crippen molar-refractivity contribution in [3.63, 3.8) is 0 Å². The van der Waals surface area contributed by atoms with Gasteiger partial charge in [-0.25, -0.2) is 0 Å². The summed E-state index contributed by atoms with van der Waals surface area (Å²) in [5.74, 6) is -0.0928. The average molecular weight is 263 g/mol. The highest BCUT2D eigenvalue weighted by Crippen LogP contribution is 2.16. The first-order chi connectivity index (χ1) is 9.20. The molecule has 1 aliphatic rings. The minimum absolute atomic E-state index is 0.0356. The maximum absolute atomic E-state index is 11.9. The van der Waals surface area contributed by atoms with Gasteiger partial charge in [-0.3, -0.25) is 4.79 Å². The highest BCUT2D eigenvalue weighted by molar-refractivity contribution is 5.98. The fraction of sp³-hybridized carbons (Fsp3) is 0.385. The van der Waals surface area contributed by atoms with E-state index in [4.69, 9.17) is 15.7 Å². The van der Waals surface area contributed by atoms with Gasteiger partial charge < -0.3 is 21.0 Å². The summed E-state index contributed by atoms with van der Waals surface area (Å²) in [6, 6.07) is 6.75. The highest BCUT2D eigenvalue weighted by Gasteiger charge is 2.21. The van der Waals surface area contributed by atoms with Gasteiger partial charge in [0.05, 0.1) is 0 Å². The van der Waals surface area contributed by atoms with Crippen molar-refractivity contribution in [3.05, 3.63) is 29.8 Å². The Balaban J connectivity index is 1.97. The standard InChI is InChI=1S/C13H17N3O3/c14-12(16-18)9-4-6-10(7-5-9)15-13(17)11-3-1-2-8-19-11/h4-7,11,18H,1-3,8H2,(H2,14,16)(H,15,17). The highest BCUT2D eigenvalue weighted by atomic mass is 16.5. The van der Waals surface area contributed by atoms with Gasteiger partial charge in [-0.05, 0) is 43.5 Å². The molecule has 0 aliphatic carbocycles. The quantitative estimate of drug-likeness (QED) is 0.331. The topological polar surface area (TPSA) is 96.9 Å². The molecule has 6 heteroatoms. The van der Waals surface area contributed by atoms with Crippen molar-refractivity contribution in [1.82, 2.24) is 0 Å². The maximum atomic E-state index is 11.9. The number of anilines is 1. The number of ether oxygens (including phenoxy) is 1. The molecule has 19 heavy (non-hydrogen) atoms. The van der Waals surface area contributed by atoms with Crippen LogP contribution in [-0.4, -0.2) is 29.7 Å². The van der Waals surface area contributed by atoms with E-state index in [2.05, 4.69) is 10.5 Å². The molecule has 0 radical (unpaired) electrons. The van der Waals surface area contributed by atoms with Crippen molar-refractivity contribution >= 4 is 17.4 Å². The minimum Gasteiger partial charge on any atom is -0.409 e. The van der Waals surface area contributed by atoms with E-state index < -0.39 is 0 Å². The molecule has 0 bridgehead atoms. The molecule has 6 nitrogen and oxygen atoms in total. The monoisotopic (exact) mass is 263 g/mol. The molecular weight excluding hydrogens is 246 g/mol. The van der Waals surface area contributed by atoms with Gasteiger partial charge in [0.1, 0.15) is 6.10 Å². The number of nitrogens with zero attached hydrogens (tertiary/aromatic N) is 1. The summed E-state index contributed by atoms with van der Waals surface area (Å²) in [7, 11) is 0. The van der Waals surface area contributed by atoms with Gasteiger partial charge in [-0.15, -0.1) is 0 Å². The van der Waals surface area contributed by atoms with Gasteiger partial charge in [0, 0.05) is 17.9 Å². The summed E-state index contributed by atoms with van der Waals surface area (Å²) in [5, 5.41) is 14.2. The summed E-state index contributed by atoms with van der Waals surface area (Å²) < 4.78 is 5.41.